The lowest BCUT2D eigenvalue weighted by Crippen LogP contribution is -2.30. The molecule has 0 fully saturated rings. The summed E-state index contributed by atoms with van der Waals surface area (Å²) >= 11 is 3.57. The minimum absolute atomic E-state index is 0.0842. The lowest BCUT2D eigenvalue weighted by molar-refractivity contribution is 0.396. The number of hydrazine groups is 1. The molecule has 0 aliphatic rings. The highest BCUT2D eigenvalue weighted by Crippen LogP contribution is 2.29. The molecule has 0 aliphatic heterocycles. The standard InChI is InChI=1S/C13H18BrN5O/c1-8-13(14)11(19(2)18-8)6-10(17-15)9-4-5-16-7-12(9)20-3/h4-5,7,10,17H,6,15H2,1-3H3. The first kappa shape index (κ1) is 15.0. The maximum absolute atomic E-state index is 5.71. The van der Waals surface area contributed by atoms with E-state index < -0.39 is 0 Å². The maximum Gasteiger partial charge on any atom is 0.141 e. The van der Waals surface area contributed by atoms with Crippen LogP contribution in [0, 0.1) is 6.92 Å². The van der Waals surface area contributed by atoms with E-state index in [9.17, 15) is 0 Å². The third kappa shape index (κ3) is 2.84. The molecule has 2 aromatic heterocycles. The summed E-state index contributed by atoms with van der Waals surface area (Å²) in [5.41, 5.74) is 5.84. The predicted octanol–water partition coefficient (Wildman–Crippen LogP) is 1.64. The van der Waals surface area contributed by atoms with Crippen LogP contribution in [-0.2, 0) is 13.5 Å². The summed E-state index contributed by atoms with van der Waals surface area (Å²) in [4.78, 5) is 4.06. The Morgan fingerprint density at radius 3 is 2.85 bits per heavy atom. The lowest BCUT2D eigenvalue weighted by atomic mass is 10.0. The van der Waals surface area contributed by atoms with Crippen molar-refractivity contribution in [3.63, 3.8) is 0 Å². The Morgan fingerprint density at radius 2 is 2.30 bits per heavy atom. The van der Waals surface area contributed by atoms with Crippen molar-refractivity contribution in [2.24, 2.45) is 12.9 Å². The number of rotatable bonds is 5. The molecule has 0 radical (unpaired) electrons. The molecular weight excluding hydrogens is 322 g/mol. The van der Waals surface area contributed by atoms with Crippen molar-refractivity contribution in [1.29, 1.82) is 0 Å². The third-order valence-corrected chi connectivity index (χ3v) is 4.30. The summed E-state index contributed by atoms with van der Waals surface area (Å²) in [6.45, 7) is 1.96. The van der Waals surface area contributed by atoms with Crippen molar-refractivity contribution in [3.05, 3.63) is 39.9 Å². The SMILES string of the molecule is COc1cnccc1C(Cc1c(Br)c(C)nn1C)NN. The van der Waals surface area contributed by atoms with E-state index in [1.165, 1.54) is 0 Å². The van der Waals surface area contributed by atoms with Crippen molar-refractivity contribution in [2.45, 2.75) is 19.4 Å². The summed E-state index contributed by atoms with van der Waals surface area (Å²) in [6.07, 6.45) is 4.10. The molecule has 0 bridgehead atoms. The first-order valence-corrected chi connectivity index (χ1v) is 6.99. The fourth-order valence-corrected chi connectivity index (χ4v) is 2.70. The quantitative estimate of drug-likeness (QED) is 0.639. The number of hydrogen-bond donors (Lipinski definition) is 2. The first-order chi connectivity index (χ1) is 9.58. The second kappa shape index (κ2) is 6.34. The van der Waals surface area contributed by atoms with Crippen LogP contribution in [0.2, 0.25) is 0 Å². The number of pyridine rings is 1. The van der Waals surface area contributed by atoms with Crippen LogP contribution in [0.25, 0.3) is 0 Å². The fraction of sp³-hybridized carbons (Fsp3) is 0.385. The highest BCUT2D eigenvalue weighted by atomic mass is 79.9. The van der Waals surface area contributed by atoms with Crippen LogP contribution in [0.1, 0.15) is 23.0 Å². The zero-order valence-electron chi connectivity index (χ0n) is 11.7. The van der Waals surface area contributed by atoms with Gasteiger partial charge in [-0.2, -0.15) is 5.10 Å². The van der Waals surface area contributed by atoms with E-state index in [0.29, 0.717) is 12.2 Å². The molecule has 0 saturated heterocycles. The van der Waals surface area contributed by atoms with Gasteiger partial charge in [0.25, 0.3) is 0 Å². The van der Waals surface area contributed by atoms with Gasteiger partial charge in [0, 0.05) is 25.2 Å². The van der Waals surface area contributed by atoms with Gasteiger partial charge in [-0.05, 0) is 28.9 Å². The van der Waals surface area contributed by atoms with Crippen molar-refractivity contribution >= 4 is 15.9 Å². The topological polar surface area (TPSA) is 78.0 Å². The molecule has 2 aromatic rings. The minimum Gasteiger partial charge on any atom is -0.495 e. The molecule has 3 N–H and O–H groups in total. The first-order valence-electron chi connectivity index (χ1n) is 6.20. The molecule has 20 heavy (non-hydrogen) atoms. The fourth-order valence-electron chi connectivity index (χ4n) is 2.20. The summed E-state index contributed by atoms with van der Waals surface area (Å²) in [7, 11) is 3.54. The van der Waals surface area contributed by atoms with Crippen molar-refractivity contribution in [2.75, 3.05) is 7.11 Å². The highest BCUT2D eigenvalue weighted by molar-refractivity contribution is 9.10. The Bertz CT molecular complexity index is 598. The molecule has 0 saturated carbocycles. The molecule has 108 valence electrons. The van der Waals surface area contributed by atoms with Gasteiger partial charge in [0.2, 0.25) is 0 Å². The number of nitrogens with zero attached hydrogens (tertiary/aromatic N) is 3. The van der Waals surface area contributed by atoms with Crippen molar-refractivity contribution in [1.82, 2.24) is 20.2 Å². The van der Waals surface area contributed by atoms with E-state index >= 15 is 0 Å². The highest BCUT2D eigenvalue weighted by Gasteiger charge is 2.20. The van der Waals surface area contributed by atoms with E-state index in [1.807, 2.05) is 24.7 Å². The Kier molecular flexibility index (Phi) is 4.74. The van der Waals surface area contributed by atoms with Gasteiger partial charge in [0.1, 0.15) is 5.75 Å². The number of nitrogens with two attached hydrogens (primary N) is 1. The molecule has 2 heterocycles. The van der Waals surface area contributed by atoms with Gasteiger partial charge in [-0.1, -0.05) is 0 Å². The third-order valence-electron chi connectivity index (χ3n) is 3.27. The number of aromatic nitrogens is 3. The largest absolute Gasteiger partial charge is 0.495 e. The van der Waals surface area contributed by atoms with Crippen LogP contribution < -0.4 is 16.0 Å². The summed E-state index contributed by atoms with van der Waals surface area (Å²) in [5.74, 6) is 6.43. The number of hydrogen-bond acceptors (Lipinski definition) is 5. The molecule has 0 spiro atoms. The van der Waals surface area contributed by atoms with E-state index in [4.69, 9.17) is 10.6 Å². The van der Waals surface area contributed by atoms with Crippen molar-refractivity contribution < 1.29 is 4.74 Å². The second-order valence-corrected chi connectivity index (χ2v) is 5.30. The summed E-state index contributed by atoms with van der Waals surface area (Å²) < 4.78 is 8.21. The van der Waals surface area contributed by atoms with Crippen LogP contribution >= 0.6 is 15.9 Å². The van der Waals surface area contributed by atoms with E-state index in [0.717, 1.165) is 21.4 Å². The molecular formula is C13H18BrN5O. The van der Waals surface area contributed by atoms with Crippen LogP contribution in [0.15, 0.2) is 22.9 Å². The van der Waals surface area contributed by atoms with E-state index in [-0.39, 0.29) is 6.04 Å². The smallest absolute Gasteiger partial charge is 0.141 e. The van der Waals surface area contributed by atoms with Gasteiger partial charge < -0.3 is 4.74 Å². The summed E-state index contributed by atoms with van der Waals surface area (Å²) in [6, 6.07) is 1.82. The summed E-state index contributed by atoms with van der Waals surface area (Å²) in [5, 5.41) is 4.39. The number of halogens is 1. The average molecular weight is 340 g/mol. The number of methoxy groups -OCH3 is 1. The molecule has 1 unspecified atom stereocenters. The zero-order valence-corrected chi connectivity index (χ0v) is 13.3. The number of nitrogens with one attached hydrogen (secondary N) is 1. The van der Waals surface area contributed by atoms with Crippen LogP contribution in [-0.4, -0.2) is 21.9 Å². The molecule has 0 aliphatic carbocycles. The van der Waals surface area contributed by atoms with Gasteiger partial charge in [0.05, 0.1) is 35.2 Å². The van der Waals surface area contributed by atoms with Gasteiger partial charge >= 0.3 is 0 Å². The Hall–Kier alpha value is -1.44. The average Bonchev–Trinajstić information content (AvgIpc) is 2.70. The molecule has 2 rings (SSSR count). The zero-order chi connectivity index (χ0) is 14.7. The van der Waals surface area contributed by atoms with Gasteiger partial charge in [-0.3, -0.25) is 20.9 Å². The van der Waals surface area contributed by atoms with Crippen LogP contribution in [0.4, 0.5) is 0 Å². The maximum atomic E-state index is 5.71. The molecule has 6 nitrogen and oxygen atoms in total. The number of aryl methyl sites for hydroxylation is 2. The lowest BCUT2D eigenvalue weighted by Gasteiger charge is -2.19. The monoisotopic (exact) mass is 339 g/mol. The minimum atomic E-state index is -0.0842. The number of ether oxygens (including phenoxy) is 1. The molecule has 1 atom stereocenters. The molecule has 0 amide bonds. The van der Waals surface area contributed by atoms with Crippen molar-refractivity contribution in [3.8, 4) is 5.75 Å². The van der Waals surface area contributed by atoms with E-state index in [2.05, 4.69) is 31.4 Å². The Labute approximate surface area is 126 Å². The normalized spacial score (nSPS) is 12.4. The Morgan fingerprint density at radius 1 is 1.55 bits per heavy atom. The predicted molar refractivity (Wildman–Crippen MR) is 80.2 cm³/mol. The second-order valence-electron chi connectivity index (χ2n) is 4.51. The van der Waals surface area contributed by atoms with Gasteiger partial charge in [0.15, 0.2) is 0 Å². The van der Waals surface area contributed by atoms with E-state index in [1.54, 1.807) is 19.5 Å². The van der Waals surface area contributed by atoms with Gasteiger partial charge in [-0.15, -0.1) is 0 Å². The van der Waals surface area contributed by atoms with Crippen LogP contribution in [0.5, 0.6) is 5.75 Å². The van der Waals surface area contributed by atoms with Gasteiger partial charge in [-0.25, -0.2) is 0 Å². The molecule has 0 aromatic carbocycles. The molecule has 7 heteroatoms. The van der Waals surface area contributed by atoms with Crippen LogP contribution in [0.3, 0.4) is 0 Å². The Balaban J connectivity index is 2.34.